The Balaban J connectivity index is 2.68. The van der Waals surface area contributed by atoms with Gasteiger partial charge in [-0.15, -0.1) is 0 Å². The number of ketones is 2. The molecule has 0 saturated heterocycles. The third-order valence-corrected chi connectivity index (χ3v) is 16.0. The van der Waals surface area contributed by atoms with Crippen molar-refractivity contribution in [3.05, 3.63) is 11.6 Å². The summed E-state index contributed by atoms with van der Waals surface area (Å²) in [5.74, 6) is -0.125. The van der Waals surface area contributed by atoms with Gasteiger partial charge in [-0.05, 0) is 55.7 Å². The van der Waals surface area contributed by atoms with E-state index in [0.29, 0.717) is 24.8 Å². The second-order valence-corrected chi connectivity index (χ2v) is 19.2. The van der Waals surface area contributed by atoms with E-state index in [-0.39, 0.29) is 28.8 Å². The lowest BCUT2D eigenvalue weighted by Gasteiger charge is -2.37. The van der Waals surface area contributed by atoms with Crippen molar-refractivity contribution in [1.29, 1.82) is 0 Å². The Hall–Kier alpha value is -0.566. The van der Waals surface area contributed by atoms with Crippen molar-refractivity contribution in [2.45, 2.75) is 116 Å². The third kappa shape index (κ3) is 6.47. The molecule has 162 valence electrons. The Morgan fingerprint density at radius 2 is 1.71 bits per heavy atom. The maximum atomic E-state index is 12.7. The molecule has 0 spiro atoms. The Labute approximate surface area is 174 Å². The van der Waals surface area contributed by atoms with E-state index in [0.717, 1.165) is 18.1 Å². The van der Waals surface area contributed by atoms with Crippen molar-refractivity contribution in [2.24, 2.45) is 0 Å². The molecule has 0 aliphatic heterocycles. The van der Waals surface area contributed by atoms with Crippen LogP contribution in [-0.4, -0.2) is 40.4 Å². The van der Waals surface area contributed by atoms with Crippen LogP contribution in [0.3, 0.4) is 0 Å². The third-order valence-electron chi connectivity index (χ3n) is 6.75. The fraction of sp³-hybridized carbons (Fsp3) is 0.818. The van der Waals surface area contributed by atoms with Gasteiger partial charge in [0.2, 0.25) is 0 Å². The Morgan fingerprint density at radius 3 is 2.18 bits per heavy atom. The van der Waals surface area contributed by atoms with Gasteiger partial charge in [0, 0.05) is 18.9 Å². The first-order valence-corrected chi connectivity index (χ1v) is 16.4. The summed E-state index contributed by atoms with van der Waals surface area (Å²) in [5, 5.41) is 0.0810. The van der Waals surface area contributed by atoms with Gasteiger partial charge in [0.15, 0.2) is 28.2 Å². The van der Waals surface area contributed by atoms with E-state index in [1.165, 1.54) is 0 Å². The van der Waals surface area contributed by atoms with Crippen LogP contribution in [0, 0.1) is 0 Å². The fourth-order valence-corrected chi connectivity index (χ4v) is 7.70. The van der Waals surface area contributed by atoms with Crippen LogP contribution in [0.4, 0.5) is 0 Å². The first kappa shape index (κ1) is 25.5. The summed E-state index contributed by atoms with van der Waals surface area (Å²) < 4.78 is 12.7. The summed E-state index contributed by atoms with van der Waals surface area (Å²) in [7, 11) is -3.62. The zero-order valence-electron chi connectivity index (χ0n) is 19.6. The van der Waals surface area contributed by atoms with Gasteiger partial charge >= 0.3 is 0 Å². The maximum absolute atomic E-state index is 12.7. The number of rotatable bonds is 11. The monoisotopic (exact) mass is 426 g/mol. The van der Waals surface area contributed by atoms with Gasteiger partial charge in [-0.25, -0.2) is 0 Å². The first-order valence-electron chi connectivity index (χ1n) is 10.9. The van der Waals surface area contributed by atoms with Crippen molar-refractivity contribution in [3.8, 4) is 0 Å². The predicted molar refractivity (Wildman–Crippen MR) is 122 cm³/mol. The lowest BCUT2D eigenvalue weighted by atomic mass is 10.0. The molecule has 0 N–H and O–H groups in total. The van der Waals surface area contributed by atoms with Crippen LogP contribution in [0.2, 0.25) is 36.3 Å². The van der Waals surface area contributed by atoms with E-state index in [1.54, 1.807) is 6.08 Å². The van der Waals surface area contributed by atoms with Crippen LogP contribution < -0.4 is 0 Å². The minimum Gasteiger partial charge on any atom is -0.414 e. The molecule has 0 unspecified atom stereocenters. The number of carbonyl (C=O) groups is 2. The van der Waals surface area contributed by atoms with Crippen LogP contribution in [0.5, 0.6) is 0 Å². The molecule has 0 bridgehead atoms. The van der Waals surface area contributed by atoms with Gasteiger partial charge in [0.05, 0.1) is 11.7 Å². The number of hydrogen-bond acceptors (Lipinski definition) is 4. The summed E-state index contributed by atoms with van der Waals surface area (Å²) in [6, 6.07) is 3.32. The van der Waals surface area contributed by atoms with Crippen LogP contribution in [0.25, 0.3) is 0 Å². The van der Waals surface area contributed by atoms with Crippen LogP contribution in [0.1, 0.15) is 67.7 Å². The van der Waals surface area contributed by atoms with E-state index in [1.807, 2.05) is 0 Å². The SMILES string of the molecule is CC[Si](CC)(CC)O[C@H](C)CCC(=O)C1=C[C@@H](O[Si](C)(C)C(C)(C)C)CC1=O. The highest BCUT2D eigenvalue weighted by molar-refractivity contribution is 6.74. The van der Waals surface area contributed by atoms with Crippen LogP contribution >= 0.6 is 0 Å². The Morgan fingerprint density at radius 1 is 1.18 bits per heavy atom. The Bertz CT molecular complexity index is 578. The molecule has 1 aliphatic carbocycles. The predicted octanol–water partition coefficient (Wildman–Crippen LogP) is 6.04. The lowest BCUT2D eigenvalue weighted by molar-refractivity contribution is -0.121. The van der Waals surface area contributed by atoms with E-state index >= 15 is 0 Å². The molecule has 1 rings (SSSR count). The zero-order chi connectivity index (χ0) is 21.8. The number of Topliss-reactive ketones (excluding diaryl/α,β-unsaturated/α-hetero) is 2. The maximum Gasteiger partial charge on any atom is 0.192 e. The molecule has 0 fully saturated rings. The van der Waals surface area contributed by atoms with Gasteiger partial charge in [-0.1, -0.05) is 41.5 Å². The minimum absolute atomic E-state index is 0.0569. The topological polar surface area (TPSA) is 52.6 Å². The normalized spacial score (nSPS) is 19.7. The smallest absolute Gasteiger partial charge is 0.192 e. The van der Waals surface area contributed by atoms with Gasteiger partial charge in [-0.3, -0.25) is 9.59 Å². The molecule has 0 saturated carbocycles. The molecule has 28 heavy (non-hydrogen) atoms. The summed E-state index contributed by atoms with van der Waals surface area (Å²) in [5.41, 5.74) is 0.348. The van der Waals surface area contributed by atoms with E-state index < -0.39 is 16.6 Å². The highest BCUT2D eigenvalue weighted by Crippen LogP contribution is 2.38. The first-order chi connectivity index (χ1) is 12.8. The average molecular weight is 427 g/mol. The number of carbonyl (C=O) groups excluding carboxylic acids is 2. The molecule has 0 heterocycles. The largest absolute Gasteiger partial charge is 0.414 e. The van der Waals surface area contributed by atoms with Gasteiger partial charge in [-0.2, -0.15) is 0 Å². The summed E-state index contributed by atoms with van der Waals surface area (Å²) >= 11 is 0. The molecule has 0 amide bonds. The molecular formula is C22H42O4Si2. The zero-order valence-corrected chi connectivity index (χ0v) is 21.6. The van der Waals surface area contributed by atoms with Crippen molar-refractivity contribution < 1.29 is 18.4 Å². The molecule has 4 nitrogen and oxygen atoms in total. The summed E-state index contributed by atoms with van der Waals surface area (Å²) in [4.78, 5) is 25.1. The second kappa shape index (κ2) is 9.96. The number of allylic oxidation sites excluding steroid dienone is 1. The molecular weight excluding hydrogens is 384 g/mol. The molecule has 1 aliphatic rings. The number of hydrogen-bond donors (Lipinski definition) is 0. The quantitative estimate of drug-likeness (QED) is 0.299. The molecule has 6 heteroatoms. The molecule has 0 radical (unpaired) electrons. The molecule has 0 aromatic carbocycles. The fourth-order valence-electron chi connectivity index (χ4n) is 3.46. The van der Waals surface area contributed by atoms with E-state index in [4.69, 9.17) is 8.85 Å². The van der Waals surface area contributed by atoms with Crippen molar-refractivity contribution in [1.82, 2.24) is 0 Å². The second-order valence-electron chi connectivity index (χ2n) is 9.76. The van der Waals surface area contributed by atoms with Crippen LogP contribution in [0.15, 0.2) is 11.6 Å². The Kier molecular flexibility index (Phi) is 9.06. The molecule has 0 aromatic rings. The summed E-state index contributed by atoms with van der Waals surface area (Å²) in [6.07, 6.45) is 2.93. The summed E-state index contributed by atoms with van der Waals surface area (Å²) in [6.45, 7) is 19.6. The molecule has 2 atom stereocenters. The van der Waals surface area contributed by atoms with Crippen molar-refractivity contribution >= 4 is 28.2 Å². The molecule has 0 aromatic heterocycles. The minimum atomic E-state index is -1.96. The van der Waals surface area contributed by atoms with Crippen LogP contribution in [-0.2, 0) is 18.4 Å². The van der Waals surface area contributed by atoms with Gasteiger partial charge in [0.25, 0.3) is 0 Å². The lowest BCUT2D eigenvalue weighted by Crippen LogP contribution is -2.43. The van der Waals surface area contributed by atoms with Gasteiger partial charge in [0.1, 0.15) is 0 Å². The van der Waals surface area contributed by atoms with Crippen molar-refractivity contribution in [3.63, 3.8) is 0 Å². The van der Waals surface area contributed by atoms with Crippen molar-refractivity contribution in [2.75, 3.05) is 0 Å². The van der Waals surface area contributed by atoms with Gasteiger partial charge < -0.3 is 8.85 Å². The average Bonchev–Trinajstić information content (AvgIpc) is 2.96. The highest BCUT2D eigenvalue weighted by atomic mass is 28.4. The highest BCUT2D eigenvalue weighted by Gasteiger charge is 2.41. The standard InChI is InChI=1S/C22H42O4Si2/c1-10-28(11-2,12-3)25-17(4)13-14-20(23)19-15-18(16-21(19)24)26-27(8,9)22(5,6)7/h15,17-18H,10-14,16H2,1-9H3/t17-,18-/m1/s1. The van der Waals surface area contributed by atoms with E-state index in [9.17, 15) is 9.59 Å². The van der Waals surface area contributed by atoms with E-state index in [2.05, 4.69) is 61.6 Å².